The lowest BCUT2D eigenvalue weighted by molar-refractivity contribution is -0.152. The quantitative estimate of drug-likeness (QED) is 0.184. The predicted octanol–water partition coefficient (Wildman–Crippen LogP) is 6.10. The fourth-order valence-corrected chi connectivity index (χ4v) is 8.72. The van der Waals surface area contributed by atoms with Crippen molar-refractivity contribution in [3.05, 3.63) is 53.6 Å². The third kappa shape index (κ3) is 4.86. The fraction of sp³-hybridized carbons (Fsp3) is 0.459. The Morgan fingerprint density at radius 1 is 1.00 bits per heavy atom. The number of nitrogens with zero attached hydrogens (tertiary/aromatic N) is 4. The van der Waals surface area contributed by atoms with E-state index in [4.69, 9.17) is 16.1 Å². The lowest BCUT2D eigenvalue weighted by atomic mass is 9.72. The lowest BCUT2D eigenvalue weighted by Gasteiger charge is -2.38. The molecule has 4 heterocycles. The molecule has 9 rings (SSSR count). The number of aromatic hydroxyl groups is 1. The van der Waals surface area contributed by atoms with Crippen LogP contribution in [0.1, 0.15) is 37.7 Å². The van der Waals surface area contributed by atoms with Crippen molar-refractivity contribution in [2.75, 3.05) is 44.2 Å². The second-order valence-corrected chi connectivity index (χ2v) is 14.7. The minimum absolute atomic E-state index is 0.0184. The average Bonchev–Trinajstić information content (AvgIpc) is 3.62. The van der Waals surface area contributed by atoms with Crippen molar-refractivity contribution in [1.29, 1.82) is 0 Å². The van der Waals surface area contributed by atoms with Gasteiger partial charge in [-0.25, -0.2) is 17.6 Å². The summed E-state index contributed by atoms with van der Waals surface area (Å²) in [6.07, 6.45) is 9.61. The van der Waals surface area contributed by atoms with E-state index in [-0.39, 0.29) is 51.7 Å². The highest BCUT2D eigenvalue weighted by molar-refractivity contribution is 6.04. The number of piperazine rings is 1. The number of benzene rings is 3. The molecule has 7 nitrogen and oxygen atoms in total. The number of aromatic nitrogens is 2. The summed E-state index contributed by atoms with van der Waals surface area (Å²) < 4.78 is 66.1. The Bertz CT molecular complexity index is 2020. The van der Waals surface area contributed by atoms with Crippen LogP contribution in [0.5, 0.6) is 11.8 Å². The number of likely N-dealkylation sites (tertiary alicyclic amines) is 1. The summed E-state index contributed by atoms with van der Waals surface area (Å²) in [7, 11) is 0. The first-order valence-corrected chi connectivity index (χ1v) is 16.8. The van der Waals surface area contributed by atoms with Gasteiger partial charge in [-0.2, -0.15) is 9.97 Å². The van der Waals surface area contributed by atoms with Gasteiger partial charge in [0.15, 0.2) is 5.82 Å². The zero-order valence-corrected chi connectivity index (χ0v) is 26.3. The predicted molar refractivity (Wildman–Crippen MR) is 174 cm³/mol. The molecule has 3 aromatic carbocycles. The molecule has 48 heavy (non-hydrogen) atoms. The van der Waals surface area contributed by atoms with Crippen LogP contribution in [0.25, 0.3) is 32.8 Å². The Kier molecular flexibility index (Phi) is 6.67. The highest BCUT2D eigenvalue weighted by atomic mass is 19.3. The fourth-order valence-electron chi connectivity index (χ4n) is 8.72. The topological polar surface area (TPSA) is 73.8 Å². The van der Waals surface area contributed by atoms with Gasteiger partial charge in [0.25, 0.3) is 5.92 Å². The molecule has 4 aromatic rings. The Hall–Kier alpha value is -4.14. The number of alkyl halides is 2. The summed E-state index contributed by atoms with van der Waals surface area (Å²) in [6, 6.07) is 9.62. The minimum Gasteiger partial charge on any atom is -0.508 e. The molecule has 2 saturated carbocycles. The second-order valence-electron chi connectivity index (χ2n) is 14.7. The lowest BCUT2D eigenvalue weighted by Crippen LogP contribution is -2.51. The van der Waals surface area contributed by atoms with Gasteiger partial charge in [-0.3, -0.25) is 0 Å². The maximum atomic E-state index is 16.9. The summed E-state index contributed by atoms with van der Waals surface area (Å²) in [6.45, 7) is 3.49. The van der Waals surface area contributed by atoms with E-state index in [0.29, 0.717) is 73.4 Å². The molecule has 3 saturated heterocycles. The summed E-state index contributed by atoms with van der Waals surface area (Å²) in [5, 5.41) is 15.5. The van der Waals surface area contributed by atoms with Gasteiger partial charge in [-0.1, -0.05) is 18.1 Å². The number of ether oxygens (including phenoxy) is 1. The zero-order chi connectivity index (χ0) is 32.9. The molecule has 2 aliphatic carbocycles. The van der Waals surface area contributed by atoms with Crippen LogP contribution in [0.2, 0.25) is 0 Å². The molecule has 2 bridgehead atoms. The van der Waals surface area contributed by atoms with Gasteiger partial charge in [0, 0.05) is 78.9 Å². The van der Waals surface area contributed by atoms with E-state index >= 15 is 4.39 Å². The van der Waals surface area contributed by atoms with E-state index in [0.717, 1.165) is 25.7 Å². The second kappa shape index (κ2) is 10.7. The summed E-state index contributed by atoms with van der Waals surface area (Å²) in [5.41, 5.74) is 0.219. The average molecular weight is 658 g/mol. The molecule has 2 N–H and O–H groups in total. The molecular weight excluding hydrogens is 622 g/mol. The van der Waals surface area contributed by atoms with E-state index < -0.39 is 23.5 Å². The number of fused-ring (bicyclic) bond motifs is 5. The number of phenols is 1. The molecule has 1 aromatic heterocycles. The molecule has 248 valence electrons. The van der Waals surface area contributed by atoms with E-state index in [1.807, 2.05) is 0 Å². The maximum Gasteiger partial charge on any atom is 0.319 e. The van der Waals surface area contributed by atoms with Gasteiger partial charge in [-0.15, -0.1) is 6.42 Å². The Morgan fingerprint density at radius 3 is 2.50 bits per heavy atom. The molecule has 5 aliphatic rings. The molecule has 4 atom stereocenters. The molecule has 3 aliphatic heterocycles. The van der Waals surface area contributed by atoms with Crippen molar-refractivity contribution in [2.24, 2.45) is 17.3 Å². The molecule has 0 radical (unpaired) electrons. The van der Waals surface area contributed by atoms with Crippen molar-refractivity contribution >= 4 is 27.5 Å². The maximum absolute atomic E-state index is 16.9. The summed E-state index contributed by atoms with van der Waals surface area (Å²) >= 11 is 0. The van der Waals surface area contributed by atoms with Gasteiger partial charge in [0.05, 0.1) is 12.2 Å². The zero-order valence-electron chi connectivity index (χ0n) is 26.3. The van der Waals surface area contributed by atoms with E-state index in [2.05, 4.69) is 26.0 Å². The Labute approximate surface area is 275 Å². The molecular formula is C37H35F4N5O2. The highest BCUT2D eigenvalue weighted by Crippen LogP contribution is 2.54. The largest absolute Gasteiger partial charge is 0.508 e. The van der Waals surface area contributed by atoms with Crippen LogP contribution in [0.4, 0.5) is 23.4 Å². The van der Waals surface area contributed by atoms with Crippen LogP contribution < -0.4 is 15.0 Å². The van der Waals surface area contributed by atoms with Crippen molar-refractivity contribution in [3.63, 3.8) is 0 Å². The Balaban J connectivity index is 1.09. The van der Waals surface area contributed by atoms with Crippen molar-refractivity contribution < 1.29 is 27.4 Å². The normalized spacial score (nSPS) is 26.8. The van der Waals surface area contributed by atoms with Gasteiger partial charge in [-0.05, 0) is 66.8 Å². The minimum atomic E-state index is -2.56. The van der Waals surface area contributed by atoms with Crippen molar-refractivity contribution in [3.8, 4) is 35.2 Å². The SMILES string of the molecule is C#Cc1c(F)ccc2cc(O)cc(-c3ccc4c(N5CC6CCC(C5)N6)nc(OCC5(CN6CC7CC(F)(F)C7C6)CC5)nc4c3F)c12. The summed E-state index contributed by atoms with van der Waals surface area (Å²) in [5.74, 6) is -1.46. The van der Waals surface area contributed by atoms with Crippen LogP contribution in [-0.2, 0) is 0 Å². The smallest absolute Gasteiger partial charge is 0.319 e. The monoisotopic (exact) mass is 657 g/mol. The molecule has 0 amide bonds. The third-order valence-electron chi connectivity index (χ3n) is 11.4. The van der Waals surface area contributed by atoms with Gasteiger partial charge >= 0.3 is 6.01 Å². The molecule has 0 spiro atoms. The number of hydrogen-bond donors (Lipinski definition) is 2. The van der Waals surface area contributed by atoms with Crippen LogP contribution in [0.3, 0.4) is 0 Å². The van der Waals surface area contributed by atoms with Gasteiger partial charge in [0.2, 0.25) is 0 Å². The number of rotatable bonds is 7. The summed E-state index contributed by atoms with van der Waals surface area (Å²) in [4.78, 5) is 13.8. The third-order valence-corrected chi connectivity index (χ3v) is 11.4. The van der Waals surface area contributed by atoms with Gasteiger partial charge in [0.1, 0.15) is 22.9 Å². The van der Waals surface area contributed by atoms with Gasteiger partial charge < -0.3 is 25.0 Å². The standard InChI is InChI=1S/C37H35F4N5O2/c1-2-25-30(38)8-3-20-11-24(47)12-28(31(20)25)26-6-7-27-33(32(26)39)43-35(44-34(27)46-15-22-4-5-23(16-46)42-22)48-19-36(9-10-36)18-45-14-21-13-37(40,41)29(21)17-45/h1,3,6-8,11-12,21-23,29,42,47H,4-5,9-10,13-19H2. The number of anilines is 1. The Morgan fingerprint density at radius 2 is 1.79 bits per heavy atom. The number of hydrogen-bond acceptors (Lipinski definition) is 7. The van der Waals surface area contributed by atoms with Crippen molar-refractivity contribution in [2.45, 2.75) is 50.1 Å². The van der Waals surface area contributed by atoms with Crippen LogP contribution in [0, 0.1) is 41.2 Å². The van der Waals surface area contributed by atoms with E-state index in [1.165, 1.54) is 24.3 Å². The number of terminal acetylenes is 1. The van der Waals surface area contributed by atoms with Crippen LogP contribution in [-0.4, -0.2) is 77.3 Å². The van der Waals surface area contributed by atoms with E-state index in [1.54, 1.807) is 12.1 Å². The highest BCUT2D eigenvalue weighted by Gasteiger charge is 2.60. The first-order valence-electron chi connectivity index (χ1n) is 16.8. The van der Waals surface area contributed by atoms with Crippen LogP contribution >= 0.6 is 0 Å². The molecule has 11 heteroatoms. The van der Waals surface area contributed by atoms with Crippen molar-refractivity contribution in [1.82, 2.24) is 20.2 Å². The number of phenolic OH excluding ortho intramolecular Hbond substituents is 1. The number of halogens is 4. The van der Waals surface area contributed by atoms with Crippen LogP contribution in [0.15, 0.2) is 36.4 Å². The van der Waals surface area contributed by atoms with E-state index in [9.17, 15) is 18.3 Å². The molecule has 4 unspecified atom stereocenters. The first kappa shape index (κ1) is 30.0. The number of nitrogens with one attached hydrogen (secondary N) is 1. The first-order chi connectivity index (χ1) is 23.1. The molecule has 5 fully saturated rings.